The fraction of sp³-hybridized carbons (Fsp3) is 0.565. The average molecular weight is 460 g/mol. The molecular formula is C23H33N3O5Si. The maximum absolute atomic E-state index is 13.9. The monoisotopic (exact) mass is 459 g/mol. The minimum Gasteiger partial charge on any atom is -0.432 e. The molecule has 0 bridgehead atoms. The van der Waals surface area contributed by atoms with Crippen LogP contribution in [-0.2, 0) is 19.9 Å². The van der Waals surface area contributed by atoms with Crippen molar-refractivity contribution >= 4 is 31.5 Å². The molecule has 9 heteroatoms. The summed E-state index contributed by atoms with van der Waals surface area (Å²) in [6, 6.07) is 5.65. The Balaban J connectivity index is 1.86. The van der Waals surface area contributed by atoms with E-state index in [1.165, 1.54) is 0 Å². The molecule has 3 aliphatic rings. The summed E-state index contributed by atoms with van der Waals surface area (Å²) in [6.45, 7) is 11.3. The van der Waals surface area contributed by atoms with Crippen LogP contribution in [0.1, 0.15) is 18.9 Å². The number of hydrogen-bond acceptors (Lipinski definition) is 6. The molecule has 4 rings (SSSR count). The lowest BCUT2D eigenvalue weighted by Gasteiger charge is -2.33. The summed E-state index contributed by atoms with van der Waals surface area (Å²) in [4.78, 5) is 40.9. The first kappa shape index (κ1) is 23.1. The van der Waals surface area contributed by atoms with E-state index in [4.69, 9.17) is 4.74 Å². The predicted octanol–water partition coefficient (Wildman–Crippen LogP) is 1.34. The molecular weight excluding hydrogens is 426 g/mol. The number of hydrogen-bond donors (Lipinski definition) is 3. The Hall–Kier alpha value is -2.04. The Bertz CT molecular complexity index is 933. The largest absolute Gasteiger partial charge is 0.432 e. The lowest BCUT2D eigenvalue weighted by atomic mass is 9.82. The molecule has 174 valence electrons. The van der Waals surface area contributed by atoms with Gasteiger partial charge in [-0.2, -0.15) is 0 Å². The highest BCUT2D eigenvalue weighted by atomic mass is 28.4. The number of benzene rings is 1. The number of aliphatic hydroxyl groups excluding tert-OH is 1. The van der Waals surface area contributed by atoms with Crippen LogP contribution in [0.15, 0.2) is 30.9 Å². The molecule has 1 aromatic carbocycles. The topological polar surface area (TPSA) is 102 Å². The number of carbonyl (C=O) groups excluding carboxylic acids is 2. The third kappa shape index (κ3) is 3.43. The Morgan fingerprint density at radius 3 is 2.75 bits per heavy atom. The van der Waals surface area contributed by atoms with Crippen molar-refractivity contribution in [3.8, 4) is 0 Å². The molecule has 1 aromatic rings. The van der Waals surface area contributed by atoms with Gasteiger partial charge in [-0.05, 0) is 37.7 Å². The smallest absolute Gasteiger partial charge is 0.264 e. The molecule has 0 unspecified atom stereocenters. The van der Waals surface area contributed by atoms with Crippen LogP contribution in [0.5, 0.6) is 0 Å². The first-order valence-electron chi connectivity index (χ1n) is 11.3. The van der Waals surface area contributed by atoms with Crippen molar-refractivity contribution in [1.29, 1.82) is 0 Å². The average Bonchev–Trinajstić information content (AvgIpc) is 3.16. The fourth-order valence-electron chi connectivity index (χ4n) is 5.82. The van der Waals surface area contributed by atoms with E-state index in [9.17, 15) is 19.5 Å². The zero-order valence-corrected chi connectivity index (χ0v) is 20.0. The number of fused-ring (bicyclic) bond motifs is 2. The lowest BCUT2D eigenvalue weighted by molar-refractivity contribution is -0.146. The van der Waals surface area contributed by atoms with E-state index in [-0.39, 0.29) is 36.4 Å². The van der Waals surface area contributed by atoms with Crippen LogP contribution in [0.3, 0.4) is 0 Å². The summed E-state index contributed by atoms with van der Waals surface area (Å²) in [5.74, 6) is -0.481. The fourth-order valence-corrected chi connectivity index (χ4v) is 8.42. The van der Waals surface area contributed by atoms with Gasteiger partial charge in [0.25, 0.3) is 5.91 Å². The second-order valence-electron chi connectivity index (χ2n) is 9.50. The molecule has 1 spiro atoms. The van der Waals surface area contributed by atoms with Crippen molar-refractivity contribution in [3.63, 3.8) is 0 Å². The Morgan fingerprint density at radius 2 is 2.12 bits per heavy atom. The number of nitrogens with one attached hydrogen (secondary N) is 1. The maximum Gasteiger partial charge on any atom is 0.264 e. The molecule has 3 N–H and O–H groups in total. The van der Waals surface area contributed by atoms with Crippen LogP contribution in [0, 0.1) is 5.92 Å². The van der Waals surface area contributed by atoms with Crippen molar-refractivity contribution < 1.29 is 24.2 Å². The van der Waals surface area contributed by atoms with Gasteiger partial charge >= 0.3 is 0 Å². The number of carbonyl (C=O) groups is 2. The number of aliphatic hydroxyl groups is 1. The van der Waals surface area contributed by atoms with E-state index < -0.39 is 20.0 Å². The molecule has 2 amide bonds. The van der Waals surface area contributed by atoms with Gasteiger partial charge in [-0.25, -0.2) is 0 Å². The maximum atomic E-state index is 13.9. The molecule has 0 saturated carbocycles. The molecule has 2 saturated heterocycles. The Labute approximate surface area is 190 Å². The molecule has 0 aromatic heterocycles. The number of anilines is 2. The van der Waals surface area contributed by atoms with Gasteiger partial charge in [-0.1, -0.05) is 13.0 Å². The summed E-state index contributed by atoms with van der Waals surface area (Å²) in [5, 5.41) is 12.7. The number of ether oxygens (including phenoxy) is 1. The molecule has 0 radical (unpaired) electrons. The van der Waals surface area contributed by atoms with E-state index in [2.05, 4.69) is 11.9 Å². The minimum atomic E-state index is -2.73. The summed E-state index contributed by atoms with van der Waals surface area (Å²) < 4.78 is 6.56. The first-order valence-corrected chi connectivity index (χ1v) is 14.3. The van der Waals surface area contributed by atoms with Crippen LogP contribution in [0.25, 0.3) is 0 Å². The van der Waals surface area contributed by atoms with Gasteiger partial charge in [0.05, 0.1) is 18.3 Å². The molecule has 3 aliphatic heterocycles. The molecule has 8 nitrogen and oxygen atoms in total. The van der Waals surface area contributed by atoms with Crippen LogP contribution in [0.2, 0.25) is 18.6 Å². The Kier molecular flexibility index (Phi) is 6.06. The standard InChI is InChI=1S/C23H33N3O5Si/c1-5-10-26-18-7-6-16(25-11-9-24-14-20(25)28)13-17(18)23(22(26)29)15(2)21(32(3,4)30)19(31-23)8-12-27/h5-7,13,15,19,21,24,27,30H,1,8-12,14H2,2-4H3/t15-,19+,21-,23+/m1/s1. The highest BCUT2D eigenvalue weighted by Gasteiger charge is 2.66. The van der Waals surface area contributed by atoms with Gasteiger partial charge in [-0.3, -0.25) is 9.59 Å². The van der Waals surface area contributed by atoms with Gasteiger partial charge in [0.15, 0.2) is 13.9 Å². The van der Waals surface area contributed by atoms with Gasteiger partial charge < -0.3 is 29.8 Å². The van der Waals surface area contributed by atoms with E-state index >= 15 is 0 Å². The van der Waals surface area contributed by atoms with Gasteiger partial charge in [0, 0.05) is 49.0 Å². The predicted molar refractivity (Wildman–Crippen MR) is 125 cm³/mol. The lowest BCUT2D eigenvalue weighted by Crippen LogP contribution is -2.48. The SMILES string of the molecule is C=CCN1C(=O)[C@@]2(O[C@@H](CCO)[C@H]([Si](C)(C)O)[C@H]2C)c2cc(N3CCNCC3=O)ccc21. The van der Waals surface area contributed by atoms with E-state index in [1.807, 2.05) is 38.2 Å². The molecule has 0 aliphatic carbocycles. The van der Waals surface area contributed by atoms with Crippen molar-refractivity contribution in [2.45, 2.75) is 43.7 Å². The zero-order valence-electron chi connectivity index (χ0n) is 19.0. The number of piperazine rings is 1. The second kappa shape index (κ2) is 8.38. The van der Waals surface area contributed by atoms with Crippen LogP contribution in [-0.4, -0.2) is 68.9 Å². The minimum absolute atomic E-state index is 0.0159. The quantitative estimate of drug-likeness (QED) is 0.438. The van der Waals surface area contributed by atoms with Crippen molar-refractivity contribution in [1.82, 2.24) is 5.32 Å². The van der Waals surface area contributed by atoms with Crippen LogP contribution in [0.4, 0.5) is 11.4 Å². The summed E-state index contributed by atoms with van der Waals surface area (Å²) >= 11 is 0. The van der Waals surface area contributed by atoms with E-state index in [0.29, 0.717) is 26.1 Å². The van der Waals surface area contributed by atoms with E-state index in [1.54, 1.807) is 15.9 Å². The summed E-state index contributed by atoms with van der Waals surface area (Å²) in [5.41, 5.74) is 0.724. The second-order valence-corrected chi connectivity index (χ2v) is 13.5. The summed E-state index contributed by atoms with van der Waals surface area (Å²) in [7, 11) is -2.73. The summed E-state index contributed by atoms with van der Waals surface area (Å²) in [6.07, 6.45) is 1.61. The molecule has 32 heavy (non-hydrogen) atoms. The molecule has 4 atom stereocenters. The van der Waals surface area contributed by atoms with Crippen molar-refractivity contribution in [2.24, 2.45) is 5.92 Å². The third-order valence-corrected chi connectivity index (χ3v) is 9.60. The van der Waals surface area contributed by atoms with Crippen molar-refractivity contribution in [2.75, 3.05) is 42.6 Å². The molecule has 3 heterocycles. The Morgan fingerprint density at radius 1 is 1.38 bits per heavy atom. The highest BCUT2D eigenvalue weighted by molar-refractivity contribution is 6.71. The van der Waals surface area contributed by atoms with Crippen LogP contribution >= 0.6 is 0 Å². The van der Waals surface area contributed by atoms with Crippen LogP contribution < -0.4 is 15.1 Å². The van der Waals surface area contributed by atoms with Crippen molar-refractivity contribution in [3.05, 3.63) is 36.4 Å². The first-order chi connectivity index (χ1) is 15.2. The highest BCUT2D eigenvalue weighted by Crippen LogP contribution is 2.59. The third-order valence-electron chi connectivity index (χ3n) is 7.09. The zero-order chi connectivity index (χ0) is 23.3. The normalized spacial score (nSPS) is 30.3. The number of amides is 2. The van der Waals surface area contributed by atoms with Gasteiger partial charge in [0.2, 0.25) is 5.91 Å². The number of rotatable bonds is 6. The van der Waals surface area contributed by atoms with Gasteiger partial charge in [-0.15, -0.1) is 6.58 Å². The van der Waals surface area contributed by atoms with E-state index in [0.717, 1.165) is 16.9 Å². The molecule has 2 fully saturated rings. The van der Waals surface area contributed by atoms with Gasteiger partial charge in [0.1, 0.15) is 0 Å². The number of nitrogens with zero attached hydrogens (tertiary/aromatic N) is 2.